The standard InChI is InChI=1S/C58H36/c1-2-14-39-32-43(27-26-37(39)12-1)41-18-9-19-46(34-41)57-52-21-7-8-22-53(52)58(51-25-10-17-38-13-5-6-20-47(38)51)54-31-29-45(36-56(54)57)48-23-11-24-49-50(48)30-28-44-33-40-15-3-4-16-42(40)35-55(44)49/h1-36H. The van der Waals surface area contributed by atoms with Gasteiger partial charge < -0.3 is 0 Å². The minimum atomic E-state index is 1.21. The van der Waals surface area contributed by atoms with E-state index in [0.29, 0.717) is 0 Å². The van der Waals surface area contributed by atoms with Gasteiger partial charge in [-0.2, -0.15) is 0 Å². The Morgan fingerprint density at radius 3 is 1.55 bits per heavy atom. The van der Waals surface area contributed by atoms with Crippen molar-refractivity contribution in [1.82, 2.24) is 0 Å². The van der Waals surface area contributed by atoms with Crippen molar-refractivity contribution in [2.24, 2.45) is 0 Å². The van der Waals surface area contributed by atoms with Gasteiger partial charge in [-0.1, -0.05) is 188 Å². The third kappa shape index (κ3) is 5.16. The molecule has 0 aromatic heterocycles. The molecule has 0 heteroatoms. The predicted octanol–water partition coefficient (Wildman–Crippen LogP) is 16.4. The van der Waals surface area contributed by atoms with Crippen LogP contribution in [0.25, 0.3) is 120 Å². The maximum absolute atomic E-state index is 2.47. The molecule has 58 heavy (non-hydrogen) atoms. The number of fused-ring (bicyclic) bond motifs is 8. The van der Waals surface area contributed by atoms with Crippen molar-refractivity contribution in [1.29, 1.82) is 0 Å². The van der Waals surface area contributed by atoms with Crippen molar-refractivity contribution < 1.29 is 0 Å². The quantitative estimate of drug-likeness (QED) is 0.125. The molecule has 0 unspecified atom stereocenters. The normalized spacial score (nSPS) is 11.8. The van der Waals surface area contributed by atoms with E-state index in [4.69, 9.17) is 0 Å². The average Bonchev–Trinajstić information content (AvgIpc) is 3.29. The molecule has 0 aliphatic carbocycles. The predicted molar refractivity (Wildman–Crippen MR) is 251 cm³/mol. The first-order valence-electron chi connectivity index (χ1n) is 20.2. The van der Waals surface area contributed by atoms with Crippen LogP contribution in [0.3, 0.4) is 0 Å². The van der Waals surface area contributed by atoms with Gasteiger partial charge in [0.2, 0.25) is 0 Å². The first-order valence-corrected chi connectivity index (χ1v) is 20.2. The maximum Gasteiger partial charge on any atom is -0.00201 e. The summed E-state index contributed by atoms with van der Waals surface area (Å²) in [6.07, 6.45) is 0. The minimum absolute atomic E-state index is 1.21. The molecule has 268 valence electrons. The molecule has 0 saturated carbocycles. The number of rotatable bonds is 4. The van der Waals surface area contributed by atoms with Gasteiger partial charge in [0, 0.05) is 0 Å². The summed E-state index contributed by atoms with van der Waals surface area (Å²) in [5.74, 6) is 0. The summed E-state index contributed by atoms with van der Waals surface area (Å²) in [6, 6.07) is 81.1. The summed E-state index contributed by atoms with van der Waals surface area (Å²) in [5.41, 5.74) is 9.89. The van der Waals surface area contributed by atoms with E-state index >= 15 is 0 Å². The van der Waals surface area contributed by atoms with Crippen molar-refractivity contribution >= 4 is 75.4 Å². The number of benzene rings is 12. The van der Waals surface area contributed by atoms with Gasteiger partial charge >= 0.3 is 0 Å². The van der Waals surface area contributed by atoms with Gasteiger partial charge in [-0.05, 0) is 150 Å². The molecule has 0 spiro atoms. The maximum atomic E-state index is 2.47. The van der Waals surface area contributed by atoms with Crippen molar-refractivity contribution in [2.45, 2.75) is 0 Å². The molecule has 0 nitrogen and oxygen atoms in total. The van der Waals surface area contributed by atoms with Gasteiger partial charge in [0.15, 0.2) is 0 Å². The lowest BCUT2D eigenvalue weighted by Gasteiger charge is -2.20. The Labute approximate surface area is 336 Å². The molecular formula is C58H36. The van der Waals surface area contributed by atoms with Crippen LogP contribution in [0.1, 0.15) is 0 Å². The van der Waals surface area contributed by atoms with E-state index in [1.807, 2.05) is 0 Å². The molecule has 0 atom stereocenters. The smallest absolute Gasteiger partial charge is 0.00201 e. The van der Waals surface area contributed by atoms with Crippen LogP contribution < -0.4 is 0 Å². The van der Waals surface area contributed by atoms with Crippen molar-refractivity contribution in [2.75, 3.05) is 0 Å². The van der Waals surface area contributed by atoms with Gasteiger partial charge in [0.05, 0.1) is 0 Å². The lowest BCUT2D eigenvalue weighted by Crippen LogP contribution is -1.93. The Hall–Kier alpha value is -7.54. The molecule has 0 aliphatic rings. The fourth-order valence-corrected chi connectivity index (χ4v) is 9.65. The van der Waals surface area contributed by atoms with Crippen LogP contribution in [0.2, 0.25) is 0 Å². The minimum Gasteiger partial charge on any atom is -0.0616 e. The van der Waals surface area contributed by atoms with Crippen LogP contribution in [-0.4, -0.2) is 0 Å². The van der Waals surface area contributed by atoms with Gasteiger partial charge in [0.25, 0.3) is 0 Å². The molecular weight excluding hydrogens is 697 g/mol. The SMILES string of the molecule is c1cc(-c2ccc3ccccc3c2)cc(-c2c3ccccc3c(-c3cccc4ccccc34)c3ccc(-c4cccc5c4ccc4cc6ccccc6cc45)cc23)c1. The second-order valence-corrected chi connectivity index (χ2v) is 15.6. The summed E-state index contributed by atoms with van der Waals surface area (Å²) in [7, 11) is 0. The molecule has 12 rings (SSSR count). The first-order chi connectivity index (χ1) is 28.7. The van der Waals surface area contributed by atoms with E-state index in [1.165, 1.54) is 120 Å². The van der Waals surface area contributed by atoms with E-state index in [0.717, 1.165) is 0 Å². The molecule has 0 saturated heterocycles. The molecule has 0 aliphatic heterocycles. The van der Waals surface area contributed by atoms with Crippen molar-refractivity contribution in [3.05, 3.63) is 218 Å². The highest BCUT2D eigenvalue weighted by Gasteiger charge is 2.20. The van der Waals surface area contributed by atoms with Crippen LogP contribution in [-0.2, 0) is 0 Å². The Bertz CT molecular complexity index is 3620. The Balaban J connectivity index is 1.15. The summed E-state index contributed by atoms with van der Waals surface area (Å²) < 4.78 is 0. The van der Waals surface area contributed by atoms with Crippen molar-refractivity contribution in [3.63, 3.8) is 0 Å². The summed E-state index contributed by atoms with van der Waals surface area (Å²) in [6.45, 7) is 0. The Morgan fingerprint density at radius 1 is 0.172 bits per heavy atom. The monoisotopic (exact) mass is 732 g/mol. The zero-order valence-electron chi connectivity index (χ0n) is 31.8. The van der Waals surface area contributed by atoms with Crippen LogP contribution in [0.15, 0.2) is 218 Å². The van der Waals surface area contributed by atoms with E-state index in [1.54, 1.807) is 0 Å². The average molecular weight is 733 g/mol. The fraction of sp³-hybridized carbons (Fsp3) is 0. The van der Waals surface area contributed by atoms with E-state index in [9.17, 15) is 0 Å². The van der Waals surface area contributed by atoms with E-state index < -0.39 is 0 Å². The fourth-order valence-electron chi connectivity index (χ4n) is 9.65. The van der Waals surface area contributed by atoms with Crippen LogP contribution >= 0.6 is 0 Å². The molecule has 0 N–H and O–H groups in total. The van der Waals surface area contributed by atoms with E-state index in [2.05, 4.69) is 218 Å². The van der Waals surface area contributed by atoms with Gasteiger partial charge in [-0.3, -0.25) is 0 Å². The van der Waals surface area contributed by atoms with E-state index in [-0.39, 0.29) is 0 Å². The second-order valence-electron chi connectivity index (χ2n) is 15.6. The van der Waals surface area contributed by atoms with Crippen LogP contribution in [0.4, 0.5) is 0 Å². The molecule has 0 fully saturated rings. The molecule has 12 aromatic carbocycles. The molecule has 0 bridgehead atoms. The largest absolute Gasteiger partial charge is 0.0616 e. The highest BCUT2D eigenvalue weighted by atomic mass is 14.2. The Morgan fingerprint density at radius 2 is 0.707 bits per heavy atom. The first kappa shape index (κ1) is 32.7. The van der Waals surface area contributed by atoms with Crippen LogP contribution in [0, 0.1) is 0 Å². The number of hydrogen-bond acceptors (Lipinski definition) is 0. The lowest BCUT2D eigenvalue weighted by atomic mass is 9.83. The van der Waals surface area contributed by atoms with Crippen molar-refractivity contribution in [3.8, 4) is 44.5 Å². The lowest BCUT2D eigenvalue weighted by molar-refractivity contribution is 1.62. The second kappa shape index (κ2) is 13.0. The topological polar surface area (TPSA) is 0 Å². The summed E-state index contributed by atoms with van der Waals surface area (Å²) in [5, 5.41) is 17.7. The molecule has 12 aromatic rings. The van der Waals surface area contributed by atoms with Gasteiger partial charge in [-0.15, -0.1) is 0 Å². The van der Waals surface area contributed by atoms with Gasteiger partial charge in [0.1, 0.15) is 0 Å². The summed E-state index contributed by atoms with van der Waals surface area (Å²) in [4.78, 5) is 0. The number of hydrogen-bond donors (Lipinski definition) is 0. The summed E-state index contributed by atoms with van der Waals surface area (Å²) >= 11 is 0. The molecule has 0 amide bonds. The molecule has 0 heterocycles. The highest BCUT2D eigenvalue weighted by Crippen LogP contribution is 2.47. The van der Waals surface area contributed by atoms with Gasteiger partial charge in [-0.25, -0.2) is 0 Å². The Kier molecular flexibility index (Phi) is 7.33. The zero-order valence-corrected chi connectivity index (χ0v) is 31.8. The zero-order chi connectivity index (χ0) is 38.2. The third-order valence-corrected chi connectivity index (χ3v) is 12.4. The molecule has 0 radical (unpaired) electrons. The third-order valence-electron chi connectivity index (χ3n) is 12.4. The van der Waals surface area contributed by atoms with Crippen LogP contribution in [0.5, 0.6) is 0 Å². The highest BCUT2D eigenvalue weighted by molar-refractivity contribution is 6.24.